The van der Waals surface area contributed by atoms with Gasteiger partial charge in [0.2, 0.25) is 5.88 Å². The second-order valence-corrected chi connectivity index (χ2v) is 7.12. The Morgan fingerprint density at radius 2 is 1.93 bits per heavy atom. The van der Waals surface area contributed by atoms with Crippen LogP contribution < -0.4 is 14.2 Å². The van der Waals surface area contributed by atoms with Crippen molar-refractivity contribution < 1.29 is 14.2 Å². The zero-order valence-corrected chi connectivity index (χ0v) is 16.8. The predicted molar refractivity (Wildman–Crippen MR) is 111 cm³/mol. The number of aromatic nitrogens is 2. The van der Waals surface area contributed by atoms with Crippen molar-refractivity contribution in [2.24, 2.45) is 0 Å². The fourth-order valence-electron chi connectivity index (χ4n) is 3.42. The van der Waals surface area contributed by atoms with Crippen LogP contribution in [0.3, 0.4) is 0 Å². The number of benzene rings is 2. The van der Waals surface area contributed by atoms with Crippen molar-refractivity contribution >= 4 is 28.1 Å². The maximum absolute atomic E-state index is 6.13. The maximum Gasteiger partial charge on any atom is 0.230 e. The lowest BCUT2D eigenvalue weighted by molar-refractivity contribution is 0.313. The van der Waals surface area contributed by atoms with Gasteiger partial charge in [0.1, 0.15) is 18.7 Å². The smallest absolute Gasteiger partial charge is 0.230 e. The molecule has 0 atom stereocenters. The molecule has 0 fully saturated rings. The van der Waals surface area contributed by atoms with Gasteiger partial charge in [-0.1, -0.05) is 11.6 Å². The van der Waals surface area contributed by atoms with Gasteiger partial charge in [-0.05, 0) is 55.2 Å². The van der Waals surface area contributed by atoms with E-state index in [9.17, 15) is 0 Å². The topological polar surface area (TPSA) is 53.5 Å². The number of nitrogens with zero attached hydrogens (tertiary/aromatic N) is 2. The molecule has 0 N–H and O–H groups in total. The van der Waals surface area contributed by atoms with Gasteiger partial charge in [0.15, 0.2) is 11.5 Å². The fourth-order valence-corrected chi connectivity index (χ4v) is 3.50. The Bertz CT molecular complexity index is 1080. The summed E-state index contributed by atoms with van der Waals surface area (Å²) >= 11 is 5.73. The van der Waals surface area contributed by atoms with Gasteiger partial charge in [-0.3, -0.25) is 0 Å². The van der Waals surface area contributed by atoms with Crippen LogP contribution in [-0.4, -0.2) is 29.6 Å². The summed E-state index contributed by atoms with van der Waals surface area (Å²) < 4.78 is 17.2. The van der Waals surface area contributed by atoms with Gasteiger partial charge < -0.3 is 14.2 Å². The summed E-state index contributed by atoms with van der Waals surface area (Å²) in [6.07, 6.45) is 2.48. The molecule has 1 heterocycles. The lowest BCUT2D eigenvalue weighted by Crippen LogP contribution is -2.01. The normalized spacial score (nSPS) is 13.0. The lowest BCUT2D eigenvalue weighted by atomic mass is 10.1. The molecule has 1 aliphatic rings. The predicted octanol–water partition coefficient (Wildman–Crippen LogP) is 5.40. The minimum Gasteiger partial charge on any atom is -0.493 e. The highest BCUT2D eigenvalue weighted by Crippen LogP contribution is 2.38. The molecule has 1 aromatic heterocycles. The van der Waals surface area contributed by atoms with Crippen LogP contribution in [0.25, 0.3) is 16.5 Å². The average molecular weight is 397 g/mol. The number of alkyl halides is 1. The number of fused-ring (bicyclic) bond motifs is 2. The van der Waals surface area contributed by atoms with Crippen molar-refractivity contribution in [2.75, 3.05) is 19.6 Å². The second-order valence-electron chi connectivity index (χ2n) is 6.74. The third kappa shape index (κ3) is 3.38. The van der Waals surface area contributed by atoms with Gasteiger partial charge >= 0.3 is 0 Å². The Balaban J connectivity index is 1.72. The van der Waals surface area contributed by atoms with Crippen molar-refractivity contribution in [1.29, 1.82) is 0 Å². The third-order valence-corrected chi connectivity index (χ3v) is 5.17. The summed E-state index contributed by atoms with van der Waals surface area (Å²) in [5.41, 5.74) is 5.99. The zero-order valence-electron chi connectivity index (χ0n) is 16.1. The van der Waals surface area contributed by atoms with E-state index in [-0.39, 0.29) is 0 Å². The molecule has 0 amide bonds. The summed E-state index contributed by atoms with van der Waals surface area (Å²) in [6.45, 7) is 4.71. The Morgan fingerprint density at radius 1 is 1.07 bits per heavy atom. The molecule has 6 heteroatoms. The van der Waals surface area contributed by atoms with Gasteiger partial charge in [-0.15, -0.1) is 11.6 Å². The van der Waals surface area contributed by atoms with Crippen molar-refractivity contribution in [3.8, 4) is 23.1 Å². The molecule has 0 unspecified atom stereocenters. The first-order valence-corrected chi connectivity index (χ1v) is 9.63. The van der Waals surface area contributed by atoms with E-state index in [1.54, 1.807) is 7.11 Å². The molecule has 2 aromatic carbocycles. The Labute approximate surface area is 168 Å². The maximum atomic E-state index is 6.13. The third-order valence-electron chi connectivity index (χ3n) is 5.01. The summed E-state index contributed by atoms with van der Waals surface area (Å²) in [6, 6.07) is 9.82. The Morgan fingerprint density at radius 3 is 2.71 bits per heavy atom. The second kappa shape index (κ2) is 7.68. The van der Waals surface area contributed by atoms with Crippen LogP contribution in [0.15, 0.2) is 42.2 Å². The van der Waals surface area contributed by atoms with Gasteiger partial charge in [0.25, 0.3) is 0 Å². The average Bonchev–Trinajstić information content (AvgIpc) is 2.99. The highest BCUT2D eigenvalue weighted by atomic mass is 35.5. The molecule has 5 nitrogen and oxygen atoms in total. The summed E-state index contributed by atoms with van der Waals surface area (Å²) in [5.74, 6) is 2.79. The lowest BCUT2D eigenvalue weighted by Gasteiger charge is -2.13. The molecule has 0 aliphatic heterocycles. The van der Waals surface area contributed by atoms with Crippen molar-refractivity contribution in [2.45, 2.75) is 20.3 Å². The number of rotatable bonds is 6. The van der Waals surface area contributed by atoms with Crippen LogP contribution in [0.4, 0.5) is 0 Å². The van der Waals surface area contributed by atoms with Crippen LogP contribution in [0, 0.1) is 0 Å². The van der Waals surface area contributed by atoms with E-state index in [0.29, 0.717) is 35.4 Å². The van der Waals surface area contributed by atoms with Crippen molar-refractivity contribution in [3.63, 3.8) is 0 Å². The van der Waals surface area contributed by atoms with E-state index in [0.717, 1.165) is 17.6 Å². The molecule has 144 valence electrons. The van der Waals surface area contributed by atoms with Gasteiger partial charge in [0, 0.05) is 6.07 Å². The molecule has 28 heavy (non-hydrogen) atoms. The first-order chi connectivity index (χ1) is 13.6. The molecule has 3 aromatic rings. The summed E-state index contributed by atoms with van der Waals surface area (Å²) in [7, 11) is 1.59. The molecule has 0 spiro atoms. The van der Waals surface area contributed by atoms with E-state index >= 15 is 0 Å². The van der Waals surface area contributed by atoms with Crippen molar-refractivity contribution in [3.05, 3.63) is 53.4 Å². The van der Waals surface area contributed by atoms with Crippen LogP contribution in [-0.2, 0) is 6.42 Å². The minimum atomic E-state index is 0.388. The standard InChI is InChI=1S/C22H21ClN2O3/c1-13-8-15-4-5-16(9-17(15)14(13)2)28-22-18-10-20(26-3)21(27-7-6-23)11-19(18)24-12-25-22/h4-5,9-12H,6-8H2,1-3H3. The Kier molecular flexibility index (Phi) is 5.09. The van der Waals surface area contributed by atoms with E-state index in [4.69, 9.17) is 25.8 Å². The molecular formula is C22H21ClN2O3. The molecule has 0 saturated heterocycles. The Hall–Kier alpha value is -2.79. The van der Waals surface area contributed by atoms with Crippen LogP contribution in [0.5, 0.6) is 23.1 Å². The van der Waals surface area contributed by atoms with Crippen molar-refractivity contribution in [1.82, 2.24) is 9.97 Å². The molecule has 0 saturated carbocycles. The van der Waals surface area contributed by atoms with Gasteiger partial charge in [-0.25, -0.2) is 9.97 Å². The number of hydrogen-bond donors (Lipinski definition) is 0. The zero-order chi connectivity index (χ0) is 19.7. The molecule has 0 radical (unpaired) electrons. The summed E-state index contributed by atoms with van der Waals surface area (Å²) in [5, 5.41) is 0.751. The van der Waals surface area contributed by atoms with Crippen LogP contribution in [0.2, 0.25) is 0 Å². The number of halogens is 1. The first-order valence-electron chi connectivity index (χ1n) is 9.09. The monoisotopic (exact) mass is 396 g/mol. The van der Waals surface area contributed by atoms with Crippen LogP contribution in [0.1, 0.15) is 25.0 Å². The highest BCUT2D eigenvalue weighted by Gasteiger charge is 2.17. The largest absolute Gasteiger partial charge is 0.493 e. The number of methoxy groups -OCH3 is 1. The number of ether oxygens (including phenoxy) is 3. The molecule has 0 bridgehead atoms. The fraction of sp³-hybridized carbons (Fsp3) is 0.273. The van der Waals surface area contributed by atoms with E-state index in [1.807, 2.05) is 18.2 Å². The van der Waals surface area contributed by atoms with Gasteiger partial charge in [-0.2, -0.15) is 0 Å². The molecule has 1 aliphatic carbocycles. The quantitative estimate of drug-likeness (QED) is 0.522. The van der Waals surface area contributed by atoms with Gasteiger partial charge in [0.05, 0.1) is 23.9 Å². The summed E-state index contributed by atoms with van der Waals surface area (Å²) in [4.78, 5) is 8.67. The van der Waals surface area contributed by atoms with Crippen LogP contribution >= 0.6 is 11.6 Å². The highest BCUT2D eigenvalue weighted by molar-refractivity contribution is 6.18. The minimum absolute atomic E-state index is 0.388. The number of allylic oxidation sites excluding steroid dienone is 2. The van der Waals surface area contributed by atoms with E-state index < -0.39 is 0 Å². The number of hydrogen-bond acceptors (Lipinski definition) is 5. The first kappa shape index (κ1) is 18.6. The SMILES string of the molecule is COc1cc2c(Oc3ccc4c(c3)C(C)=C(C)C4)ncnc2cc1OCCCl. The van der Waals surface area contributed by atoms with E-state index in [1.165, 1.54) is 28.6 Å². The molecular weight excluding hydrogens is 376 g/mol. The van der Waals surface area contributed by atoms with E-state index in [2.05, 4.69) is 35.9 Å². The molecule has 4 rings (SSSR count).